The molecule has 0 saturated carbocycles. The van der Waals surface area contributed by atoms with Gasteiger partial charge in [-0.3, -0.25) is 9.59 Å². The molecule has 6 heteroatoms. The van der Waals surface area contributed by atoms with Crippen molar-refractivity contribution in [1.82, 2.24) is 4.98 Å². The minimum atomic E-state index is -1.27. The first-order chi connectivity index (χ1) is 8.45. The maximum atomic E-state index is 11.2. The molecule has 2 unspecified atom stereocenters. The van der Waals surface area contributed by atoms with Gasteiger partial charge in [0.2, 0.25) is 0 Å². The lowest BCUT2D eigenvalue weighted by Crippen LogP contribution is -2.24. The normalized spacial score (nSPS) is 14.0. The molecule has 0 saturated heterocycles. The average Bonchev–Trinajstić information content (AvgIpc) is 2.32. The maximum absolute atomic E-state index is 11.2. The highest BCUT2D eigenvalue weighted by molar-refractivity contribution is 5.70. The Bertz CT molecular complexity index is 468. The number of rotatable bonds is 5. The molecule has 1 aromatic rings. The largest absolute Gasteiger partial charge is 0.466 e. The number of aliphatic hydroxyl groups is 2. The van der Waals surface area contributed by atoms with E-state index >= 15 is 0 Å². The number of nitrogens with one attached hydrogen (secondary N) is 1. The van der Waals surface area contributed by atoms with Crippen molar-refractivity contribution in [3.05, 3.63) is 33.7 Å². The highest BCUT2D eigenvalue weighted by Gasteiger charge is 2.22. The number of H-pyrrole nitrogens is 1. The van der Waals surface area contributed by atoms with Gasteiger partial charge in [0.15, 0.2) is 0 Å². The maximum Gasteiger partial charge on any atom is 0.308 e. The van der Waals surface area contributed by atoms with Crippen molar-refractivity contribution < 1.29 is 19.7 Å². The molecule has 3 N–H and O–H groups in total. The molecular weight excluding hydrogens is 238 g/mol. The zero-order valence-electron chi connectivity index (χ0n) is 10.3. The third-order valence-electron chi connectivity index (χ3n) is 2.50. The Morgan fingerprint density at radius 3 is 2.72 bits per heavy atom. The van der Waals surface area contributed by atoms with Crippen molar-refractivity contribution in [2.24, 2.45) is 0 Å². The van der Waals surface area contributed by atoms with Gasteiger partial charge in [-0.1, -0.05) is 0 Å². The molecule has 0 radical (unpaired) electrons. The fourth-order valence-electron chi connectivity index (χ4n) is 1.52. The van der Waals surface area contributed by atoms with E-state index in [1.165, 1.54) is 12.3 Å². The van der Waals surface area contributed by atoms with Gasteiger partial charge >= 0.3 is 5.97 Å². The molecule has 1 heterocycles. The molecule has 1 aromatic heterocycles. The highest BCUT2D eigenvalue weighted by atomic mass is 16.5. The van der Waals surface area contributed by atoms with Gasteiger partial charge < -0.3 is 19.9 Å². The number of aryl methyl sites for hydroxylation is 1. The van der Waals surface area contributed by atoms with E-state index in [9.17, 15) is 19.8 Å². The first-order valence-corrected chi connectivity index (χ1v) is 5.66. The average molecular weight is 255 g/mol. The molecule has 0 fully saturated rings. The summed E-state index contributed by atoms with van der Waals surface area (Å²) in [4.78, 5) is 24.8. The first-order valence-electron chi connectivity index (χ1n) is 5.66. The third kappa shape index (κ3) is 3.68. The van der Waals surface area contributed by atoms with Gasteiger partial charge in [0.1, 0.15) is 6.10 Å². The molecule has 100 valence electrons. The fourth-order valence-corrected chi connectivity index (χ4v) is 1.52. The van der Waals surface area contributed by atoms with E-state index in [4.69, 9.17) is 0 Å². The summed E-state index contributed by atoms with van der Waals surface area (Å²) in [5.41, 5.74) is 0.518. The van der Waals surface area contributed by atoms with Crippen molar-refractivity contribution in [3.8, 4) is 0 Å². The van der Waals surface area contributed by atoms with Gasteiger partial charge in [0.25, 0.3) is 5.56 Å². The van der Waals surface area contributed by atoms with Crippen LogP contribution in [0.5, 0.6) is 0 Å². The molecule has 0 aliphatic heterocycles. The van der Waals surface area contributed by atoms with E-state index in [2.05, 4.69) is 9.72 Å². The highest BCUT2D eigenvalue weighted by Crippen LogP contribution is 2.18. The van der Waals surface area contributed by atoms with Crippen LogP contribution in [0, 0.1) is 6.92 Å². The number of pyridine rings is 1. The summed E-state index contributed by atoms with van der Waals surface area (Å²) in [6.07, 6.45) is -1.50. The summed E-state index contributed by atoms with van der Waals surface area (Å²) in [5, 5.41) is 19.5. The summed E-state index contributed by atoms with van der Waals surface area (Å²) >= 11 is 0. The molecule has 0 aliphatic carbocycles. The lowest BCUT2D eigenvalue weighted by molar-refractivity contribution is -0.147. The Balaban J connectivity index is 2.73. The van der Waals surface area contributed by atoms with Crippen LogP contribution in [0.25, 0.3) is 0 Å². The van der Waals surface area contributed by atoms with E-state index in [-0.39, 0.29) is 18.6 Å². The Morgan fingerprint density at radius 1 is 1.50 bits per heavy atom. The molecule has 18 heavy (non-hydrogen) atoms. The monoisotopic (exact) mass is 255 g/mol. The predicted molar refractivity (Wildman–Crippen MR) is 64.0 cm³/mol. The molecule has 0 aromatic carbocycles. The molecule has 0 aliphatic rings. The van der Waals surface area contributed by atoms with E-state index in [1.54, 1.807) is 13.8 Å². The van der Waals surface area contributed by atoms with Crippen LogP contribution in [-0.4, -0.2) is 33.9 Å². The zero-order chi connectivity index (χ0) is 13.7. The van der Waals surface area contributed by atoms with Crippen LogP contribution in [0.4, 0.5) is 0 Å². The molecule has 1 rings (SSSR count). The van der Waals surface area contributed by atoms with Crippen LogP contribution in [-0.2, 0) is 9.53 Å². The van der Waals surface area contributed by atoms with E-state index < -0.39 is 18.2 Å². The summed E-state index contributed by atoms with van der Waals surface area (Å²) in [7, 11) is 0. The molecule has 0 spiro atoms. The van der Waals surface area contributed by atoms with Gasteiger partial charge in [-0.25, -0.2) is 0 Å². The van der Waals surface area contributed by atoms with Gasteiger partial charge in [-0.15, -0.1) is 0 Å². The standard InChI is InChI=1S/C12H17NO5/c1-3-18-10(15)5-9(14)11(16)8-4-7(2)12(17)13-6-8/h4,6,9,11,14,16H,3,5H2,1-2H3,(H,13,17). The van der Waals surface area contributed by atoms with Gasteiger partial charge in [-0.2, -0.15) is 0 Å². The first kappa shape index (κ1) is 14.4. The van der Waals surface area contributed by atoms with Crippen LogP contribution in [0.2, 0.25) is 0 Å². The summed E-state index contributed by atoms with van der Waals surface area (Å²) in [6.45, 7) is 3.47. The van der Waals surface area contributed by atoms with Crippen molar-refractivity contribution >= 4 is 5.97 Å². The van der Waals surface area contributed by atoms with Crippen LogP contribution < -0.4 is 5.56 Å². The van der Waals surface area contributed by atoms with Crippen molar-refractivity contribution in [1.29, 1.82) is 0 Å². The number of esters is 1. The number of ether oxygens (including phenoxy) is 1. The lowest BCUT2D eigenvalue weighted by atomic mass is 10.0. The topological polar surface area (TPSA) is 99.6 Å². The van der Waals surface area contributed by atoms with Crippen molar-refractivity contribution in [3.63, 3.8) is 0 Å². The number of hydrogen-bond donors (Lipinski definition) is 3. The minimum absolute atomic E-state index is 0.222. The van der Waals surface area contributed by atoms with Crippen molar-refractivity contribution in [2.45, 2.75) is 32.5 Å². The number of aliphatic hydroxyl groups excluding tert-OH is 2. The Labute approximate surface area is 104 Å². The Kier molecular flexibility index (Phi) is 5.06. The predicted octanol–water partition coefficient (Wildman–Crippen LogP) is 0.0308. The van der Waals surface area contributed by atoms with E-state index in [0.717, 1.165) is 0 Å². The Morgan fingerprint density at radius 2 is 2.17 bits per heavy atom. The lowest BCUT2D eigenvalue weighted by Gasteiger charge is -2.17. The molecule has 0 amide bonds. The van der Waals surface area contributed by atoms with Crippen LogP contribution >= 0.6 is 0 Å². The fraction of sp³-hybridized carbons (Fsp3) is 0.500. The minimum Gasteiger partial charge on any atom is -0.466 e. The SMILES string of the molecule is CCOC(=O)CC(O)C(O)c1c[nH]c(=O)c(C)c1. The smallest absolute Gasteiger partial charge is 0.308 e. The van der Waals surface area contributed by atoms with E-state index in [0.29, 0.717) is 11.1 Å². The number of aromatic amines is 1. The molecule has 6 nitrogen and oxygen atoms in total. The molecule has 2 atom stereocenters. The molecule has 0 bridgehead atoms. The summed E-state index contributed by atoms with van der Waals surface area (Å²) in [6, 6.07) is 1.47. The number of carbonyl (C=O) groups excluding carboxylic acids is 1. The van der Waals surface area contributed by atoms with Gasteiger partial charge in [0, 0.05) is 11.8 Å². The third-order valence-corrected chi connectivity index (χ3v) is 2.50. The number of hydrogen-bond acceptors (Lipinski definition) is 5. The number of aromatic nitrogens is 1. The van der Waals surface area contributed by atoms with Crippen LogP contribution in [0.15, 0.2) is 17.1 Å². The Hall–Kier alpha value is -1.66. The van der Waals surface area contributed by atoms with Gasteiger partial charge in [-0.05, 0) is 25.5 Å². The van der Waals surface area contributed by atoms with Crippen LogP contribution in [0.1, 0.15) is 30.6 Å². The summed E-state index contributed by atoms with van der Waals surface area (Å²) in [5.74, 6) is -0.579. The second kappa shape index (κ2) is 6.32. The van der Waals surface area contributed by atoms with Crippen LogP contribution in [0.3, 0.4) is 0 Å². The zero-order valence-corrected chi connectivity index (χ0v) is 10.3. The second-order valence-corrected chi connectivity index (χ2v) is 3.97. The molecular formula is C12H17NO5. The van der Waals surface area contributed by atoms with Gasteiger partial charge in [0.05, 0.1) is 19.1 Å². The van der Waals surface area contributed by atoms with Crippen molar-refractivity contribution in [2.75, 3.05) is 6.61 Å². The van der Waals surface area contributed by atoms with E-state index in [1.807, 2.05) is 0 Å². The number of carbonyl (C=O) groups is 1. The second-order valence-electron chi connectivity index (χ2n) is 3.97. The quantitative estimate of drug-likeness (QED) is 0.645. The summed E-state index contributed by atoms with van der Waals surface area (Å²) < 4.78 is 4.67.